The van der Waals surface area contributed by atoms with E-state index in [4.69, 9.17) is 4.74 Å². The van der Waals surface area contributed by atoms with Gasteiger partial charge >= 0.3 is 0 Å². The molecule has 1 amide bonds. The van der Waals surface area contributed by atoms with Gasteiger partial charge in [-0.2, -0.15) is 0 Å². The van der Waals surface area contributed by atoms with Crippen LogP contribution >= 0.6 is 11.8 Å². The number of carbonyl (C=O) groups is 1. The fourth-order valence-electron chi connectivity index (χ4n) is 2.79. The molecule has 3 aromatic rings. The minimum absolute atomic E-state index is 0.0411. The summed E-state index contributed by atoms with van der Waals surface area (Å²) in [6, 6.07) is 19.2. The summed E-state index contributed by atoms with van der Waals surface area (Å²) in [6.45, 7) is 0.310. The Hall–Kier alpha value is -2.84. The first-order chi connectivity index (χ1) is 14.5. The highest BCUT2D eigenvalue weighted by molar-refractivity contribution is 8.00. The second-order valence-corrected chi connectivity index (χ2v) is 9.52. The Morgan fingerprint density at radius 3 is 2.53 bits per heavy atom. The third kappa shape index (κ3) is 5.61. The van der Waals surface area contributed by atoms with E-state index in [2.05, 4.69) is 10.3 Å². The van der Waals surface area contributed by atoms with Crippen molar-refractivity contribution in [3.63, 3.8) is 0 Å². The number of thioether (sulfide) groups is 1. The fourth-order valence-corrected chi connectivity index (χ4v) is 5.46. The van der Waals surface area contributed by atoms with Gasteiger partial charge in [0.1, 0.15) is 10.8 Å². The van der Waals surface area contributed by atoms with Gasteiger partial charge in [0.05, 0.1) is 23.3 Å². The van der Waals surface area contributed by atoms with Gasteiger partial charge in [0.25, 0.3) is 5.91 Å². The molecular weight excluding hydrogens is 420 g/mol. The molecule has 6 nitrogen and oxygen atoms in total. The molecule has 1 aromatic heterocycles. The van der Waals surface area contributed by atoms with Crippen LogP contribution in [0.3, 0.4) is 0 Å². The molecule has 156 valence electrons. The van der Waals surface area contributed by atoms with Gasteiger partial charge in [0, 0.05) is 24.1 Å². The van der Waals surface area contributed by atoms with Gasteiger partial charge in [-0.25, -0.2) is 13.4 Å². The predicted molar refractivity (Wildman–Crippen MR) is 118 cm³/mol. The Kier molecular flexibility index (Phi) is 7.48. The summed E-state index contributed by atoms with van der Waals surface area (Å²) in [5.74, 6) is 0.675. The van der Waals surface area contributed by atoms with Crippen LogP contribution in [-0.2, 0) is 16.4 Å². The van der Waals surface area contributed by atoms with Gasteiger partial charge in [-0.05, 0) is 30.3 Å². The monoisotopic (exact) mass is 442 g/mol. The molecule has 1 N–H and O–H groups in total. The lowest BCUT2D eigenvalue weighted by molar-refractivity contribution is 0.0947. The van der Waals surface area contributed by atoms with E-state index in [-0.39, 0.29) is 11.7 Å². The molecular formula is C22H22N2O4S2. The van der Waals surface area contributed by atoms with E-state index in [1.54, 1.807) is 55.8 Å². The molecule has 0 saturated heterocycles. The van der Waals surface area contributed by atoms with Crippen LogP contribution in [0.15, 0.2) is 82.8 Å². The largest absolute Gasteiger partial charge is 0.496 e. The van der Waals surface area contributed by atoms with E-state index >= 15 is 0 Å². The number of aromatic nitrogens is 1. The zero-order chi connectivity index (χ0) is 21.4. The fraction of sp³-hybridized carbons (Fsp3) is 0.182. The standard InChI is InChI=1S/C22H22N2O4S2/c1-28-20-12-6-5-8-17(20)16-24-21(25)19-11-7-13-23-22(19)29-14-15-30(26,27)18-9-3-2-4-10-18/h2-13H,14-16H2,1H3,(H,24,25). The molecule has 0 atom stereocenters. The molecule has 1 heterocycles. The van der Waals surface area contributed by atoms with Crippen molar-refractivity contribution in [3.8, 4) is 5.75 Å². The van der Waals surface area contributed by atoms with Crippen molar-refractivity contribution in [2.75, 3.05) is 18.6 Å². The Morgan fingerprint density at radius 1 is 1.03 bits per heavy atom. The quantitative estimate of drug-likeness (QED) is 0.510. The Balaban J connectivity index is 1.63. The SMILES string of the molecule is COc1ccccc1CNC(=O)c1cccnc1SCCS(=O)(=O)c1ccccc1. The van der Waals surface area contributed by atoms with Gasteiger partial charge in [-0.1, -0.05) is 36.4 Å². The molecule has 0 unspecified atom stereocenters. The summed E-state index contributed by atoms with van der Waals surface area (Å²) in [4.78, 5) is 17.3. The molecule has 30 heavy (non-hydrogen) atoms. The number of benzene rings is 2. The number of sulfone groups is 1. The number of nitrogens with zero attached hydrogens (tertiary/aromatic N) is 1. The van der Waals surface area contributed by atoms with Crippen LogP contribution in [0.5, 0.6) is 5.75 Å². The normalized spacial score (nSPS) is 11.1. The Bertz CT molecular complexity index is 1100. The molecule has 0 radical (unpaired) electrons. The van der Waals surface area contributed by atoms with E-state index in [9.17, 15) is 13.2 Å². The summed E-state index contributed by atoms with van der Waals surface area (Å²) in [7, 11) is -1.80. The second kappa shape index (κ2) is 10.3. The number of hydrogen-bond acceptors (Lipinski definition) is 6. The molecule has 0 spiro atoms. The summed E-state index contributed by atoms with van der Waals surface area (Å²) in [5.41, 5.74) is 1.27. The van der Waals surface area contributed by atoms with Crippen LogP contribution in [0.4, 0.5) is 0 Å². The number of nitrogens with one attached hydrogen (secondary N) is 1. The number of rotatable bonds is 9. The maximum Gasteiger partial charge on any atom is 0.254 e. The molecule has 0 bridgehead atoms. The zero-order valence-corrected chi connectivity index (χ0v) is 18.1. The molecule has 0 aliphatic carbocycles. The van der Waals surface area contributed by atoms with Crippen LogP contribution in [0.25, 0.3) is 0 Å². The second-order valence-electron chi connectivity index (χ2n) is 6.33. The molecule has 3 rings (SSSR count). The van der Waals surface area contributed by atoms with Crippen LogP contribution in [0, 0.1) is 0 Å². The average Bonchev–Trinajstić information content (AvgIpc) is 2.78. The minimum Gasteiger partial charge on any atom is -0.496 e. The highest BCUT2D eigenvalue weighted by atomic mass is 32.2. The third-order valence-electron chi connectivity index (χ3n) is 4.34. The van der Waals surface area contributed by atoms with Gasteiger partial charge in [-0.3, -0.25) is 4.79 Å². The van der Waals surface area contributed by atoms with E-state index in [0.717, 1.165) is 5.56 Å². The molecule has 0 aliphatic heterocycles. The third-order valence-corrected chi connectivity index (χ3v) is 7.34. The predicted octanol–water partition coefficient (Wildman–Crippen LogP) is 3.59. The van der Waals surface area contributed by atoms with Crippen LogP contribution < -0.4 is 10.1 Å². The van der Waals surface area contributed by atoms with Crippen molar-refractivity contribution in [3.05, 3.63) is 84.1 Å². The van der Waals surface area contributed by atoms with Crippen molar-refractivity contribution in [2.24, 2.45) is 0 Å². The van der Waals surface area contributed by atoms with Gasteiger partial charge in [0.15, 0.2) is 9.84 Å². The smallest absolute Gasteiger partial charge is 0.254 e. The highest BCUT2D eigenvalue weighted by Gasteiger charge is 2.17. The summed E-state index contributed by atoms with van der Waals surface area (Å²) in [6.07, 6.45) is 1.59. The van der Waals surface area contributed by atoms with E-state index in [1.807, 2.05) is 24.3 Å². The zero-order valence-electron chi connectivity index (χ0n) is 16.4. The summed E-state index contributed by atoms with van der Waals surface area (Å²) in [5, 5.41) is 3.37. The van der Waals surface area contributed by atoms with Crippen LogP contribution in [0.2, 0.25) is 0 Å². The average molecular weight is 443 g/mol. The molecule has 0 saturated carbocycles. The van der Waals surface area contributed by atoms with E-state index < -0.39 is 9.84 Å². The topological polar surface area (TPSA) is 85.4 Å². The van der Waals surface area contributed by atoms with Crippen molar-refractivity contribution in [2.45, 2.75) is 16.5 Å². The van der Waals surface area contributed by atoms with Crippen LogP contribution in [-0.4, -0.2) is 37.9 Å². The molecule has 0 aliphatic rings. The first-order valence-corrected chi connectivity index (χ1v) is 11.9. The van der Waals surface area contributed by atoms with E-state index in [0.29, 0.717) is 33.5 Å². The minimum atomic E-state index is -3.38. The van der Waals surface area contributed by atoms with Gasteiger partial charge < -0.3 is 10.1 Å². The number of ether oxygens (including phenoxy) is 1. The summed E-state index contributed by atoms with van der Waals surface area (Å²) < 4.78 is 30.2. The first kappa shape index (κ1) is 21.9. The number of pyridine rings is 1. The first-order valence-electron chi connectivity index (χ1n) is 9.27. The van der Waals surface area contributed by atoms with Crippen molar-refractivity contribution in [1.29, 1.82) is 0 Å². The van der Waals surface area contributed by atoms with E-state index in [1.165, 1.54) is 11.8 Å². The number of carbonyl (C=O) groups excluding carboxylic acids is 1. The maximum atomic E-state index is 12.7. The van der Waals surface area contributed by atoms with Crippen molar-refractivity contribution < 1.29 is 17.9 Å². The highest BCUT2D eigenvalue weighted by Crippen LogP contribution is 2.22. The lowest BCUT2D eigenvalue weighted by Gasteiger charge is -2.11. The lowest BCUT2D eigenvalue weighted by atomic mass is 10.2. The van der Waals surface area contributed by atoms with Crippen molar-refractivity contribution in [1.82, 2.24) is 10.3 Å². The van der Waals surface area contributed by atoms with Gasteiger partial charge in [0.2, 0.25) is 0 Å². The summed E-state index contributed by atoms with van der Waals surface area (Å²) >= 11 is 1.25. The molecule has 0 fully saturated rings. The number of para-hydroxylation sites is 1. The van der Waals surface area contributed by atoms with Crippen LogP contribution in [0.1, 0.15) is 15.9 Å². The number of hydrogen-bond donors (Lipinski definition) is 1. The lowest BCUT2D eigenvalue weighted by Crippen LogP contribution is -2.24. The number of methoxy groups -OCH3 is 1. The molecule has 8 heteroatoms. The molecule has 2 aromatic carbocycles. The van der Waals surface area contributed by atoms with Crippen molar-refractivity contribution >= 4 is 27.5 Å². The number of amides is 1. The van der Waals surface area contributed by atoms with Gasteiger partial charge in [-0.15, -0.1) is 11.8 Å². The maximum absolute atomic E-state index is 12.7. The Labute approximate surface area is 180 Å². The Morgan fingerprint density at radius 2 is 1.77 bits per heavy atom.